The van der Waals surface area contributed by atoms with Crippen LogP contribution in [0.3, 0.4) is 0 Å². The van der Waals surface area contributed by atoms with Crippen LogP contribution in [-0.4, -0.2) is 64.0 Å². The first-order valence-electron chi connectivity index (χ1n) is 11.1. The Morgan fingerprint density at radius 1 is 0.969 bits per heavy atom. The van der Waals surface area contributed by atoms with Gasteiger partial charge < -0.3 is 18.9 Å². The van der Waals surface area contributed by atoms with Crippen molar-refractivity contribution < 1.29 is 14.3 Å². The van der Waals surface area contributed by atoms with Crippen molar-refractivity contribution in [3.8, 4) is 11.3 Å². The number of piperazine rings is 1. The minimum absolute atomic E-state index is 0.0426. The van der Waals surface area contributed by atoms with Crippen LogP contribution in [0, 0.1) is 20.8 Å². The Balaban J connectivity index is 1.60. The molecule has 1 aliphatic heterocycles. The van der Waals surface area contributed by atoms with Gasteiger partial charge >= 0.3 is 6.09 Å². The molecule has 0 radical (unpaired) electrons. The molecule has 0 saturated carbocycles. The zero-order chi connectivity index (χ0) is 22.8. The Labute approximate surface area is 188 Å². The quantitative estimate of drug-likeness (QED) is 0.627. The second-order valence-corrected chi connectivity index (χ2v) is 8.38. The van der Waals surface area contributed by atoms with Crippen LogP contribution in [0.1, 0.15) is 29.3 Å². The SMILES string of the molecule is CCOC(=O)N1CCN(C(=O)Cc2c(-c3ccc(C)c(C)c3)nc3cc(C)ccn23)CC1. The van der Waals surface area contributed by atoms with E-state index in [0.717, 1.165) is 28.2 Å². The molecule has 1 fully saturated rings. The first-order chi connectivity index (χ1) is 15.4. The van der Waals surface area contributed by atoms with Gasteiger partial charge in [0.05, 0.1) is 24.4 Å². The molecule has 0 atom stereocenters. The summed E-state index contributed by atoms with van der Waals surface area (Å²) in [6.45, 7) is 10.4. The molecule has 0 bridgehead atoms. The van der Waals surface area contributed by atoms with E-state index in [-0.39, 0.29) is 18.4 Å². The minimum Gasteiger partial charge on any atom is -0.450 e. The molecular formula is C25H30N4O3. The molecule has 2 amide bonds. The number of aromatic nitrogens is 2. The second-order valence-electron chi connectivity index (χ2n) is 8.38. The van der Waals surface area contributed by atoms with Crippen molar-refractivity contribution in [3.63, 3.8) is 0 Å². The third-order valence-electron chi connectivity index (χ3n) is 6.14. The Bertz CT molecular complexity index is 1160. The van der Waals surface area contributed by atoms with E-state index in [0.29, 0.717) is 32.8 Å². The van der Waals surface area contributed by atoms with Crippen LogP contribution < -0.4 is 0 Å². The standard InChI is InChI=1S/C25H30N4O3/c1-5-32-25(31)28-12-10-27(11-13-28)23(30)16-21-24(20-7-6-18(3)19(4)15-20)26-22-14-17(2)8-9-29(21)22/h6-9,14-15H,5,10-13,16H2,1-4H3. The van der Waals surface area contributed by atoms with Crippen LogP contribution in [0.2, 0.25) is 0 Å². The molecule has 0 aliphatic carbocycles. The van der Waals surface area contributed by atoms with E-state index in [1.54, 1.807) is 11.8 Å². The largest absolute Gasteiger partial charge is 0.450 e. The van der Waals surface area contributed by atoms with E-state index >= 15 is 0 Å². The summed E-state index contributed by atoms with van der Waals surface area (Å²) in [5, 5.41) is 0. The summed E-state index contributed by atoms with van der Waals surface area (Å²) in [4.78, 5) is 33.6. The number of amides is 2. The van der Waals surface area contributed by atoms with Crippen molar-refractivity contribution in [2.24, 2.45) is 0 Å². The molecule has 168 valence electrons. The van der Waals surface area contributed by atoms with E-state index in [1.807, 2.05) is 34.6 Å². The molecule has 4 rings (SSSR count). The van der Waals surface area contributed by atoms with Crippen molar-refractivity contribution in [1.29, 1.82) is 0 Å². The molecular weight excluding hydrogens is 404 g/mol. The topological polar surface area (TPSA) is 67.2 Å². The highest BCUT2D eigenvalue weighted by Crippen LogP contribution is 2.27. The van der Waals surface area contributed by atoms with Crippen LogP contribution in [0.5, 0.6) is 0 Å². The number of fused-ring (bicyclic) bond motifs is 1. The lowest BCUT2D eigenvalue weighted by Gasteiger charge is -2.34. The van der Waals surface area contributed by atoms with Crippen molar-refractivity contribution in [2.45, 2.75) is 34.1 Å². The van der Waals surface area contributed by atoms with Crippen molar-refractivity contribution in [2.75, 3.05) is 32.8 Å². The fourth-order valence-electron chi connectivity index (χ4n) is 4.09. The summed E-state index contributed by atoms with van der Waals surface area (Å²) in [7, 11) is 0. The fourth-order valence-corrected chi connectivity index (χ4v) is 4.09. The summed E-state index contributed by atoms with van der Waals surface area (Å²) in [6, 6.07) is 10.4. The number of pyridine rings is 1. The molecule has 3 heterocycles. The third kappa shape index (κ3) is 4.33. The summed E-state index contributed by atoms with van der Waals surface area (Å²) < 4.78 is 7.09. The molecule has 0 unspecified atom stereocenters. The van der Waals surface area contributed by atoms with Gasteiger partial charge in [0.25, 0.3) is 0 Å². The highest BCUT2D eigenvalue weighted by atomic mass is 16.6. The number of hydrogen-bond donors (Lipinski definition) is 0. The van der Waals surface area contributed by atoms with Gasteiger partial charge in [-0.15, -0.1) is 0 Å². The van der Waals surface area contributed by atoms with Gasteiger partial charge in [-0.05, 0) is 62.6 Å². The van der Waals surface area contributed by atoms with Crippen LogP contribution in [-0.2, 0) is 16.0 Å². The van der Waals surface area contributed by atoms with Crippen LogP contribution in [0.15, 0.2) is 36.5 Å². The molecule has 0 spiro atoms. The highest BCUT2D eigenvalue weighted by Gasteiger charge is 2.26. The van der Waals surface area contributed by atoms with E-state index in [4.69, 9.17) is 9.72 Å². The van der Waals surface area contributed by atoms with Gasteiger partial charge in [-0.1, -0.05) is 12.1 Å². The summed E-state index contributed by atoms with van der Waals surface area (Å²) >= 11 is 0. The number of aryl methyl sites for hydroxylation is 3. The van der Waals surface area contributed by atoms with Gasteiger partial charge in [-0.2, -0.15) is 0 Å². The van der Waals surface area contributed by atoms with Crippen LogP contribution in [0.4, 0.5) is 4.79 Å². The third-order valence-corrected chi connectivity index (χ3v) is 6.14. The number of imidazole rings is 1. The molecule has 0 N–H and O–H groups in total. The maximum atomic E-state index is 13.2. The maximum Gasteiger partial charge on any atom is 0.409 e. The Hall–Kier alpha value is -3.35. The molecule has 7 heteroatoms. The lowest BCUT2D eigenvalue weighted by molar-refractivity contribution is -0.132. The lowest BCUT2D eigenvalue weighted by Crippen LogP contribution is -2.51. The van der Waals surface area contributed by atoms with E-state index in [9.17, 15) is 9.59 Å². The van der Waals surface area contributed by atoms with Gasteiger partial charge in [0.15, 0.2) is 0 Å². The number of nitrogens with zero attached hydrogens (tertiary/aromatic N) is 4. The number of rotatable bonds is 4. The number of benzene rings is 1. The Morgan fingerprint density at radius 2 is 1.69 bits per heavy atom. The average Bonchev–Trinajstić information content (AvgIpc) is 3.13. The Kier molecular flexibility index (Phi) is 6.17. The molecule has 1 aromatic carbocycles. The highest BCUT2D eigenvalue weighted by molar-refractivity contribution is 5.82. The minimum atomic E-state index is -0.311. The average molecular weight is 435 g/mol. The second kappa shape index (κ2) is 9.02. The number of hydrogen-bond acceptors (Lipinski definition) is 4. The molecule has 7 nitrogen and oxygen atoms in total. The van der Waals surface area contributed by atoms with Crippen LogP contribution >= 0.6 is 0 Å². The monoisotopic (exact) mass is 434 g/mol. The first kappa shape index (κ1) is 21.9. The summed E-state index contributed by atoms with van der Waals surface area (Å²) in [5.74, 6) is 0.0426. The molecule has 3 aromatic rings. The predicted molar refractivity (Wildman–Crippen MR) is 124 cm³/mol. The number of carbonyl (C=O) groups is 2. The zero-order valence-corrected chi connectivity index (χ0v) is 19.2. The van der Waals surface area contributed by atoms with E-state index < -0.39 is 0 Å². The van der Waals surface area contributed by atoms with Crippen molar-refractivity contribution >= 4 is 17.6 Å². The van der Waals surface area contributed by atoms with Gasteiger partial charge in [0.2, 0.25) is 5.91 Å². The predicted octanol–water partition coefficient (Wildman–Crippen LogP) is 3.77. The van der Waals surface area contributed by atoms with Crippen molar-refractivity contribution in [3.05, 3.63) is 58.9 Å². The molecule has 1 saturated heterocycles. The van der Waals surface area contributed by atoms with Gasteiger partial charge in [0.1, 0.15) is 5.65 Å². The van der Waals surface area contributed by atoms with Gasteiger partial charge in [0, 0.05) is 37.9 Å². The van der Waals surface area contributed by atoms with E-state index in [1.165, 1.54) is 11.1 Å². The summed E-state index contributed by atoms with van der Waals surface area (Å²) in [5.41, 5.74) is 7.14. The smallest absolute Gasteiger partial charge is 0.409 e. The number of carbonyl (C=O) groups excluding carboxylic acids is 2. The van der Waals surface area contributed by atoms with Gasteiger partial charge in [-0.25, -0.2) is 9.78 Å². The van der Waals surface area contributed by atoms with Gasteiger partial charge in [-0.3, -0.25) is 4.79 Å². The molecule has 1 aliphatic rings. The fraction of sp³-hybridized carbons (Fsp3) is 0.400. The zero-order valence-electron chi connectivity index (χ0n) is 19.2. The lowest BCUT2D eigenvalue weighted by atomic mass is 10.0. The molecule has 32 heavy (non-hydrogen) atoms. The van der Waals surface area contributed by atoms with Crippen molar-refractivity contribution in [1.82, 2.24) is 19.2 Å². The van der Waals surface area contributed by atoms with Crippen LogP contribution in [0.25, 0.3) is 16.9 Å². The Morgan fingerprint density at radius 3 is 2.38 bits per heavy atom. The number of ether oxygens (including phenoxy) is 1. The first-order valence-corrected chi connectivity index (χ1v) is 11.1. The molecule has 2 aromatic heterocycles. The normalized spacial score (nSPS) is 14.1. The van der Waals surface area contributed by atoms with E-state index in [2.05, 4.69) is 32.0 Å². The summed E-state index contributed by atoms with van der Waals surface area (Å²) in [6.07, 6.45) is 1.93. The maximum absolute atomic E-state index is 13.2.